The standard InChI is InChI=1S/C17H30N2S/c1-6-18-17(16-19-13(4)14(5)20-16)9-7-8-15(11-17)10-12(2)3/h12,15,18H,6-11H2,1-5H3. The first-order valence-corrected chi connectivity index (χ1v) is 8.98. The maximum atomic E-state index is 4.89. The molecule has 1 aromatic rings. The van der Waals surface area contributed by atoms with Gasteiger partial charge in [-0.2, -0.15) is 0 Å². The number of nitrogens with one attached hydrogen (secondary N) is 1. The third-order valence-corrected chi connectivity index (χ3v) is 5.89. The van der Waals surface area contributed by atoms with Gasteiger partial charge in [-0.1, -0.05) is 33.6 Å². The predicted octanol–water partition coefficient (Wildman–Crippen LogP) is 4.80. The maximum absolute atomic E-state index is 4.89. The molecule has 2 unspecified atom stereocenters. The minimum absolute atomic E-state index is 0.149. The Kier molecular flexibility index (Phi) is 5.25. The Morgan fingerprint density at radius 2 is 2.15 bits per heavy atom. The summed E-state index contributed by atoms with van der Waals surface area (Å²) in [5, 5.41) is 5.14. The van der Waals surface area contributed by atoms with E-state index in [0.29, 0.717) is 0 Å². The lowest BCUT2D eigenvalue weighted by Crippen LogP contribution is -2.46. The molecule has 0 spiro atoms. The van der Waals surface area contributed by atoms with E-state index in [-0.39, 0.29) is 5.54 Å². The molecule has 0 aromatic carbocycles. The molecule has 1 saturated carbocycles. The lowest BCUT2D eigenvalue weighted by molar-refractivity contribution is 0.164. The molecule has 0 bridgehead atoms. The molecule has 0 radical (unpaired) electrons. The molecule has 1 aliphatic rings. The lowest BCUT2D eigenvalue weighted by atomic mass is 9.73. The number of hydrogen-bond donors (Lipinski definition) is 1. The number of rotatable bonds is 5. The molecule has 0 amide bonds. The van der Waals surface area contributed by atoms with Crippen molar-refractivity contribution in [2.45, 2.75) is 72.3 Å². The highest BCUT2D eigenvalue weighted by Crippen LogP contribution is 2.43. The Hall–Kier alpha value is -0.410. The second-order valence-corrected chi connectivity index (χ2v) is 8.07. The van der Waals surface area contributed by atoms with Crippen LogP contribution in [0, 0.1) is 25.7 Å². The number of aryl methyl sites for hydroxylation is 2. The maximum Gasteiger partial charge on any atom is 0.113 e. The molecule has 0 saturated heterocycles. The van der Waals surface area contributed by atoms with Crippen LogP contribution in [0.1, 0.15) is 68.5 Å². The van der Waals surface area contributed by atoms with Crippen molar-refractivity contribution in [3.05, 3.63) is 15.6 Å². The Morgan fingerprint density at radius 1 is 1.40 bits per heavy atom. The van der Waals surface area contributed by atoms with Gasteiger partial charge >= 0.3 is 0 Å². The minimum atomic E-state index is 0.149. The van der Waals surface area contributed by atoms with E-state index < -0.39 is 0 Å². The van der Waals surface area contributed by atoms with E-state index in [4.69, 9.17) is 4.98 Å². The van der Waals surface area contributed by atoms with Crippen molar-refractivity contribution in [2.75, 3.05) is 6.54 Å². The summed E-state index contributed by atoms with van der Waals surface area (Å²) in [6.45, 7) is 12.3. The molecule has 1 N–H and O–H groups in total. The molecule has 1 heterocycles. The molecule has 1 aliphatic carbocycles. The van der Waals surface area contributed by atoms with Gasteiger partial charge in [0, 0.05) is 4.88 Å². The third kappa shape index (κ3) is 3.43. The van der Waals surface area contributed by atoms with Crippen molar-refractivity contribution in [3.63, 3.8) is 0 Å². The first-order chi connectivity index (χ1) is 9.47. The van der Waals surface area contributed by atoms with Gasteiger partial charge in [-0.15, -0.1) is 11.3 Å². The van der Waals surface area contributed by atoms with E-state index >= 15 is 0 Å². The third-order valence-electron chi connectivity index (χ3n) is 4.61. The summed E-state index contributed by atoms with van der Waals surface area (Å²) in [4.78, 5) is 6.27. The molecule has 3 heteroatoms. The van der Waals surface area contributed by atoms with Crippen LogP contribution in [0.25, 0.3) is 0 Å². The van der Waals surface area contributed by atoms with Gasteiger partial charge in [0.05, 0.1) is 11.2 Å². The van der Waals surface area contributed by atoms with Crippen LogP contribution < -0.4 is 5.32 Å². The van der Waals surface area contributed by atoms with E-state index in [0.717, 1.165) is 18.4 Å². The largest absolute Gasteiger partial charge is 0.306 e. The Bertz CT molecular complexity index is 415. The van der Waals surface area contributed by atoms with Crippen molar-refractivity contribution in [1.29, 1.82) is 0 Å². The second-order valence-electron chi connectivity index (χ2n) is 6.86. The fraction of sp³-hybridized carbons (Fsp3) is 0.824. The Morgan fingerprint density at radius 3 is 2.70 bits per heavy atom. The SMILES string of the molecule is CCNC1(c2nc(C)c(C)s2)CCCC(CC(C)C)C1. The van der Waals surface area contributed by atoms with Crippen LogP contribution >= 0.6 is 11.3 Å². The van der Waals surface area contributed by atoms with Gasteiger partial charge in [0.2, 0.25) is 0 Å². The fourth-order valence-corrected chi connectivity index (χ4v) is 4.82. The topological polar surface area (TPSA) is 24.9 Å². The lowest BCUT2D eigenvalue weighted by Gasteiger charge is -2.41. The molecule has 2 rings (SSSR count). The molecule has 2 atom stereocenters. The van der Waals surface area contributed by atoms with Crippen LogP contribution in [-0.4, -0.2) is 11.5 Å². The van der Waals surface area contributed by atoms with Crippen LogP contribution in [0.15, 0.2) is 0 Å². The van der Waals surface area contributed by atoms with Gasteiger partial charge in [-0.05, 0) is 51.5 Å². The first kappa shape index (κ1) is 16.0. The predicted molar refractivity (Wildman–Crippen MR) is 88.4 cm³/mol. The zero-order valence-electron chi connectivity index (χ0n) is 13.8. The smallest absolute Gasteiger partial charge is 0.113 e. The molecular weight excluding hydrogens is 264 g/mol. The van der Waals surface area contributed by atoms with Crippen molar-refractivity contribution in [3.8, 4) is 0 Å². The van der Waals surface area contributed by atoms with E-state index in [1.807, 2.05) is 11.3 Å². The molecule has 1 fully saturated rings. The highest BCUT2D eigenvalue weighted by molar-refractivity contribution is 7.11. The Labute approximate surface area is 128 Å². The zero-order chi connectivity index (χ0) is 14.8. The minimum Gasteiger partial charge on any atom is -0.306 e. The van der Waals surface area contributed by atoms with Crippen LogP contribution in [0.2, 0.25) is 0 Å². The van der Waals surface area contributed by atoms with Crippen LogP contribution in [-0.2, 0) is 5.54 Å². The molecule has 20 heavy (non-hydrogen) atoms. The van der Waals surface area contributed by atoms with Gasteiger partial charge < -0.3 is 5.32 Å². The van der Waals surface area contributed by atoms with E-state index in [9.17, 15) is 0 Å². The zero-order valence-corrected chi connectivity index (χ0v) is 14.6. The monoisotopic (exact) mass is 294 g/mol. The van der Waals surface area contributed by atoms with Crippen LogP contribution in [0.5, 0.6) is 0 Å². The van der Waals surface area contributed by atoms with Gasteiger partial charge in [-0.25, -0.2) is 4.98 Å². The molecule has 2 nitrogen and oxygen atoms in total. The highest BCUT2D eigenvalue weighted by atomic mass is 32.1. The number of thiazole rings is 1. The number of aromatic nitrogens is 1. The van der Waals surface area contributed by atoms with Crippen LogP contribution in [0.3, 0.4) is 0 Å². The van der Waals surface area contributed by atoms with E-state index in [1.165, 1.54) is 47.7 Å². The normalized spacial score (nSPS) is 27.2. The summed E-state index contributed by atoms with van der Waals surface area (Å²) >= 11 is 1.91. The van der Waals surface area contributed by atoms with Gasteiger partial charge in [0.25, 0.3) is 0 Å². The summed E-state index contributed by atoms with van der Waals surface area (Å²) < 4.78 is 0. The van der Waals surface area contributed by atoms with E-state index in [1.54, 1.807) is 0 Å². The molecule has 1 aromatic heterocycles. The van der Waals surface area contributed by atoms with Gasteiger partial charge in [-0.3, -0.25) is 0 Å². The summed E-state index contributed by atoms with van der Waals surface area (Å²) in [7, 11) is 0. The number of hydrogen-bond acceptors (Lipinski definition) is 3. The molecule has 0 aliphatic heterocycles. The summed E-state index contributed by atoms with van der Waals surface area (Å²) in [5.41, 5.74) is 1.37. The summed E-state index contributed by atoms with van der Waals surface area (Å²) in [6.07, 6.45) is 6.61. The van der Waals surface area contributed by atoms with Crippen molar-refractivity contribution >= 4 is 11.3 Å². The second kappa shape index (κ2) is 6.57. The van der Waals surface area contributed by atoms with Crippen LogP contribution in [0.4, 0.5) is 0 Å². The quantitative estimate of drug-likeness (QED) is 0.843. The van der Waals surface area contributed by atoms with Crippen molar-refractivity contribution in [1.82, 2.24) is 10.3 Å². The summed E-state index contributed by atoms with van der Waals surface area (Å²) in [6, 6.07) is 0. The fourth-order valence-electron chi connectivity index (χ4n) is 3.70. The number of nitrogens with zero attached hydrogens (tertiary/aromatic N) is 1. The first-order valence-electron chi connectivity index (χ1n) is 8.16. The average Bonchev–Trinajstić information content (AvgIpc) is 2.70. The van der Waals surface area contributed by atoms with Gasteiger partial charge in [0.1, 0.15) is 5.01 Å². The molecular formula is C17H30N2S. The average molecular weight is 295 g/mol. The van der Waals surface area contributed by atoms with Crippen molar-refractivity contribution in [2.24, 2.45) is 11.8 Å². The van der Waals surface area contributed by atoms with E-state index in [2.05, 4.69) is 39.9 Å². The Balaban J connectivity index is 2.24. The summed E-state index contributed by atoms with van der Waals surface area (Å²) in [5.74, 6) is 1.66. The van der Waals surface area contributed by atoms with Gasteiger partial charge in [0.15, 0.2) is 0 Å². The molecule has 114 valence electrons. The highest BCUT2D eigenvalue weighted by Gasteiger charge is 2.39. The van der Waals surface area contributed by atoms with Crippen molar-refractivity contribution < 1.29 is 0 Å².